The summed E-state index contributed by atoms with van der Waals surface area (Å²) in [4.78, 5) is 14.1. The zero-order valence-electron chi connectivity index (χ0n) is 11.7. The van der Waals surface area contributed by atoms with Crippen LogP contribution >= 0.6 is 0 Å². The fraction of sp³-hybridized carbons (Fsp3) is 0.462. The van der Waals surface area contributed by atoms with Crippen LogP contribution in [-0.2, 0) is 15.9 Å². The van der Waals surface area contributed by atoms with Crippen LogP contribution in [-0.4, -0.2) is 38.9 Å². The first-order valence-corrected chi connectivity index (χ1v) is 6.52. The van der Waals surface area contributed by atoms with Crippen LogP contribution in [0.1, 0.15) is 15.9 Å². The van der Waals surface area contributed by atoms with Crippen molar-refractivity contribution in [1.82, 2.24) is 0 Å². The number of carbonyl (C=O) groups excluding carboxylic acids is 1. The van der Waals surface area contributed by atoms with Crippen molar-refractivity contribution in [3.8, 4) is 0 Å². The summed E-state index contributed by atoms with van der Waals surface area (Å²) < 4.78 is 10.6. The molecule has 0 aliphatic rings. The van der Waals surface area contributed by atoms with Gasteiger partial charge in [-0.1, -0.05) is 11.2 Å². The van der Waals surface area contributed by atoms with Gasteiger partial charge in [0.2, 0.25) is 5.91 Å². The number of ether oxygens (including phenoxy) is 2. The first kappa shape index (κ1) is 16.9. The highest BCUT2D eigenvalue weighted by Gasteiger charge is 2.08. The molecule has 0 aliphatic carbocycles. The van der Waals surface area contributed by atoms with Crippen molar-refractivity contribution in [2.75, 3.05) is 33.0 Å². The number of benzene rings is 1. The Labute approximate surface area is 122 Å². The van der Waals surface area contributed by atoms with Crippen LogP contribution in [0.4, 0.5) is 5.69 Å². The van der Waals surface area contributed by atoms with Crippen molar-refractivity contribution >= 4 is 11.6 Å². The Morgan fingerprint density at radius 1 is 1.24 bits per heavy atom. The van der Waals surface area contributed by atoms with Gasteiger partial charge in [-0.05, 0) is 29.6 Å². The molecule has 0 aromatic heterocycles. The third kappa shape index (κ3) is 6.24. The van der Waals surface area contributed by atoms with Gasteiger partial charge in [0.15, 0.2) is 0 Å². The predicted octanol–water partition coefficient (Wildman–Crippen LogP) is 1.26. The molecule has 0 fully saturated rings. The van der Waals surface area contributed by atoms with E-state index in [2.05, 4.69) is 10.0 Å². The molecule has 0 heterocycles. The lowest BCUT2D eigenvalue weighted by Gasteiger charge is -2.09. The minimum atomic E-state index is -0.524. The molecule has 0 saturated carbocycles. The Morgan fingerprint density at radius 3 is 2.57 bits per heavy atom. The molecule has 0 radical (unpaired) electrons. The first-order chi connectivity index (χ1) is 10.2. The number of hydrogen-bond acceptors (Lipinski definition) is 5. The molecular formula is C13H19N5O3. The van der Waals surface area contributed by atoms with Crippen LogP contribution < -0.4 is 11.5 Å². The second-order valence-corrected chi connectivity index (χ2v) is 4.16. The number of rotatable bonds is 10. The minimum Gasteiger partial charge on any atom is -0.379 e. The van der Waals surface area contributed by atoms with Gasteiger partial charge in [0, 0.05) is 22.7 Å². The maximum absolute atomic E-state index is 11.3. The lowest BCUT2D eigenvalue weighted by atomic mass is 10.0. The Bertz CT molecular complexity index is 515. The smallest absolute Gasteiger partial charge is 0.248 e. The molecule has 1 aromatic carbocycles. The van der Waals surface area contributed by atoms with Crippen LogP contribution in [0.2, 0.25) is 0 Å². The Morgan fingerprint density at radius 2 is 1.95 bits per heavy atom. The fourth-order valence-corrected chi connectivity index (χ4v) is 1.73. The third-order valence-electron chi connectivity index (χ3n) is 2.66. The Balaban J connectivity index is 2.53. The lowest BCUT2D eigenvalue weighted by Crippen LogP contribution is -2.15. The number of primary amides is 1. The van der Waals surface area contributed by atoms with E-state index in [1.165, 1.54) is 0 Å². The van der Waals surface area contributed by atoms with Crippen molar-refractivity contribution in [2.24, 2.45) is 16.6 Å². The van der Waals surface area contributed by atoms with Gasteiger partial charge in [-0.15, -0.1) is 0 Å². The van der Waals surface area contributed by atoms with E-state index in [0.717, 1.165) is 0 Å². The average Bonchev–Trinajstić information content (AvgIpc) is 2.46. The average molecular weight is 293 g/mol. The van der Waals surface area contributed by atoms with Crippen LogP contribution in [0, 0.1) is 0 Å². The van der Waals surface area contributed by atoms with Crippen molar-refractivity contribution in [3.05, 3.63) is 39.8 Å². The molecule has 0 atom stereocenters. The third-order valence-corrected chi connectivity index (χ3v) is 2.66. The molecule has 1 aromatic rings. The first-order valence-electron chi connectivity index (χ1n) is 6.52. The summed E-state index contributed by atoms with van der Waals surface area (Å²) in [7, 11) is 0. The van der Waals surface area contributed by atoms with Crippen molar-refractivity contribution in [3.63, 3.8) is 0 Å². The Hall–Kier alpha value is -2.12. The SMILES string of the molecule is [N-]=[N+]=Nc1ccc(C(N)=O)c(CCOCCOCCN)c1. The van der Waals surface area contributed by atoms with Crippen LogP contribution in [0.15, 0.2) is 23.3 Å². The summed E-state index contributed by atoms with van der Waals surface area (Å²) in [5, 5.41) is 3.50. The number of carbonyl (C=O) groups is 1. The molecule has 0 aliphatic heterocycles. The molecule has 8 heteroatoms. The summed E-state index contributed by atoms with van der Waals surface area (Å²) in [6, 6.07) is 4.73. The van der Waals surface area contributed by atoms with Gasteiger partial charge in [-0.3, -0.25) is 4.79 Å². The molecule has 0 saturated heterocycles. The van der Waals surface area contributed by atoms with Crippen LogP contribution in [0.3, 0.4) is 0 Å². The molecule has 0 unspecified atom stereocenters. The van der Waals surface area contributed by atoms with E-state index in [-0.39, 0.29) is 0 Å². The van der Waals surface area contributed by atoms with E-state index in [9.17, 15) is 4.79 Å². The van der Waals surface area contributed by atoms with E-state index in [1.54, 1.807) is 18.2 Å². The topological polar surface area (TPSA) is 136 Å². The summed E-state index contributed by atoms with van der Waals surface area (Å²) in [5.41, 5.74) is 20.5. The quantitative estimate of drug-likeness (QED) is 0.290. The summed E-state index contributed by atoms with van der Waals surface area (Å²) >= 11 is 0. The van der Waals surface area contributed by atoms with E-state index in [1.807, 2.05) is 0 Å². The minimum absolute atomic E-state index is 0.398. The molecular weight excluding hydrogens is 274 g/mol. The van der Waals surface area contributed by atoms with Gasteiger partial charge in [0.1, 0.15) is 0 Å². The zero-order chi connectivity index (χ0) is 15.5. The van der Waals surface area contributed by atoms with Gasteiger partial charge in [-0.25, -0.2) is 0 Å². The highest BCUT2D eigenvalue weighted by Crippen LogP contribution is 2.19. The largest absolute Gasteiger partial charge is 0.379 e. The predicted molar refractivity (Wildman–Crippen MR) is 78.2 cm³/mol. The fourth-order valence-electron chi connectivity index (χ4n) is 1.73. The van der Waals surface area contributed by atoms with Crippen molar-refractivity contribution < 1.29 is 14.3 Å². The van der Waals surface area contributed by atoms with E-state index >= 15 is 0 Å². The molecule has 0 bridgehead atoms. The molecule has 1 amide bonds. The lowest BCUT2D eigenvalue weighted by molar-refractivity contribution is 0.0519. The number of hydrogen-bond donors (Lipinski definition) is 2. The summed E-state index contributed by atoms with van der Waals surface area (Å²) in [6.07, 6.45) is 0.490. The van der Waals surface area contributed by atoms with Crippen molar-refractivity contribution in [2.45, 2.75) is 6.42 Å². The monoisotopic (exact) mass is 293 g/mol. The highest BCUT2D eigenvalue weighted by molar-refractivity contribution is 5.94. The van der Waals surface area contributed by atoms with Crippen LogP contribution in [0.25, 0.3) is 10.4 Å². The maximum atomic E-state index is 11.3. The molecule has 114 valence electrons. The van der Waals surface area contributed by atoms with Gasteiger partial charge in [0.05, 0.1) is 26.4 Å². The molecule has 4 N–H and O–H groups in total. The second kappa shape index (κ2) is 9.73. The van der Waals surface area contributed by atoms with Crippen molar-refractivity contribution in [1.29, 1.82) is 0 Å². The van der Waals surface area contributed by atoms with Gasteiger partial charge >= 0.3 is 0 Å². The van der Waals surface area contributed by atoms with Crippen LogP contribution in [0.5, 0.6) is 0 Å². The second-order valence-electron chi connectivity index (χ2n) is 4.16. The van der Waals surface area contributed by atoms with E-state index < -0.39 is 5.91 Å². The molecule has 8 nitrogen and oxygen atoms in total. The standard InChI is InChI=1S/C13H19N5O3/c14-4-6-21-8-7-20-5-3-10-9-11(17-18-16)1-2-12(10)13(15)19/h1-2,9H,3-8,14H2,(H2,15,19). The molecule has 21 heavy (non-hydrogen) atoms. The molecule has 1 rings (SSSR count). The van der Waals surface area contributed by atoms with Gasteiger partial charge < -0.3 is 20.9 Å². The number of amides is 1. The molecule has 0 spiro atoms. The number of azide groups is 1. The number of nitrogens with two attached hydrogens (primary N) is 2. The van der Waals surface area contributed by atoms with E-state index in [4.69, 9.17) is 26.5 Å². The zero-order valence-corrected chi connectivity index (χ0v) is 11.7. The highest BCUT2D eigenvalue weighted by atomic mass is 16.5. The van der Waals surface area contributed by atoms with E-state index in [0.29, 0.717) is 56.2 Å². The van der Waals surface area contributed by atoms with Gasteiger partial charge in [-0.2, -0.15) is 0 Å². The maximum Gasteiger partial charge on any atom is 0.248 e. The van der Waals surface area contributed by atoms with Gasteiger partial charge in [0.25, 0.3) is 0 Å². The summed E-state index contributed by atoms with van der Waals surface area (Å²) in [6.45, 7) is 2.31. The number of nitrogens with zero attached hydrogens (tertiary/aromatic N) is 3. The normalized spacial score (nSPS) is 10.1. The Kier molecular flexibility index (Phi) is 7.85. The summed E-state index contributed by atoms with van der Waals surface area (Å²) in [5.74, 6) is -0.524.